The summed E-state index contributed by atoms with van der Waals surface area (Å²) in [7, 11) is 0. The Hall–Kier alpha value is -2.22. The molecule has 0 aliphatic carbocycles. The van der Waals surface area contributed by atoms with Gasteiger partial charge in [0.15, 0.2) is 0 Å². The maximum absolute atomic E-state index is 12.1. The first kappa shape index (κ1) is 16.8. The molecule has 1 aromatic rings. The number of benzene rings is 1. The summed E-state index contributed by atoms with van der Waals surface area (Å²) >= 11 is 0. The molecule has 0 saturated heterocycles. The third-order valence-electron chi connectivity index (χ3n) is 2.54. The summed E-state index contributed by atoms with van der Waals surface area (Å²) in [6.07, 6.45) is -0.130. The van der Waals surface area contributed by atoms with E-state index in [0.29, 0.717) is 12.8 Å². The standard InChI is InChI=1S/C13H16F2N2O4/c14-13(15)21-9-4-1-3-8(7-9)12(20)17-10(16)5-2-6-11(18)19/h1,3-4,7,10,13H,2,5-6,16H2,(H,17,20)(H,18,19). The number of carbonyl (C=O) groups excluding carboxylic acids is 1. The summed E-state index contributed by atoms with van der Waals surface area (Å²) in [6.45, 7) is -2.97. The second kappa shape index (κ2) is 8.15. The van der Waals surface area contributed by atoms with Crippen molar-refractivity contribution in [1.82, 2.24) is 5.32 Å². The van der Waals surface area contributed by atoms with Crippen LogP contribution in [0.3, 0.4) is 0 Å². The van der Waals surface area contributed by atoms with Gasteiger partial charge in [-0.25, -0.2) is 0 Å². The Morgan fingerprint density at radius 3 is 2.71 bits per heavy atom. The molecule has 0 aliphatic rings. The molecule has 1 amide bonds. The number of nitrogens with two attached hydrogens (primary N) is 1. The summed E-state index contributed by atoms with van der Waals surface area (Å²) in [5.41, 5.74) is 5.77. The second-order valence-corrected chi connectivity index (χ2v) is 4.27. The minimum atomic E-state index is -2.97. The Bertz CT molecular complexity index is 497. The van der Waals surface area contributed by atoms with Crippen LogP contribution in [0.2, 0.25) is 0 Å². The normalized spacial score (nSPS) is 12.0. The van der Waals surface area contributed by atoms with Gasteiger partial charge in [0.25, 0.3) is 5.91 Å². The van der Waals surface area contributed by atoms with Crippen molar-refractivity contribution in [2.24, 2.45) is 5.73 Å². The topological polar surface area (TPSA) is 102 Å². The first-order valence-corrected chi connectivity index (χ1v) is 6.21. The summed E-state index contributed by atoms with van der Waals surface area (Å²) in [6, 6.07) is 5.31. The van der Waals surface area contributed by atoms with Crippen molar-refractivity contribution in [1.29, 1.82) is 0 Å². The van der Waals surface area contributed by atoms with E-state index in [1.54, 1.807) is 0 Å². The van der Waals surface area contributed by atoms with E-state index in [1.165, 1.54) is 24.3 Å². The van der Waals surface area contributed by atoms with E-state index in [2.05, 4.69) is 10.1 Å². The highest BCUT2D eigenvalue weighted by Gasteiger charge is 2.12. The lowest BCUT2D eigenvalue weighted by molar-refractivity contribution is -0.137. The van der Waals surface area contributed by atoms with Crippen molar-refractivity contribution < 1.29 is 28.2 Å². The fourth-order valence-corrected chi connectivity index (χ4v) is 1.61. The van der Waals surface area contributed by atoms with Gasteiger partial charge in [-0.1, -0.05) is 6.07 Å². The summed E-state index contributed by atoms with van der Waals surface area (Å²) < 4.78 is 28.3. The largest absolute Gasteiger partial charge is 0.481 e. The van der Waals surface area contributed by atoms with Crippen molar-refractivity contribution in [3.8, 4) is 5.75 Å². The number of alkyl halides is 2. The van der Waals surface area contributed by atoms with Crippen LogP contribution >= 0.6 is 0 Å². The number of carboxylic acid groups (broad SMARTS) is 1. The Kier molecular flexibility index (Phi) is 6.54. The maximum atomic E-state index is 12.1. The highest BCUT2D eigenvalue weighted by molar-refractivity contribution is 5.94. The van der Waals surface area contributed by atoms with Crippen molar-refractivity contribution in [3.63, 3.8) is 0 Å². The number of hydrogen-bond donors (Lipinski definition) is 3. The number of nitrogens with one attached hydrogen (secondary N) is 1. The first-order valence-electron chi connectivity index (χ1n) is 6.21. The monoisotopic (exact) mass is 302 g/mol. The molecule has 6 nitrogen and oxygen atoms in total. The number of carbonyl (C=O) groups is 2. The van der Waals surface area contributed by atoms with Gasteiger partial charge in [0, 0.05) is 12.0 Å². The predicted molar refractivity (Wildman–Crippen MR) is 70.0 cm³/mol. The van der Waals surface area contributed by atoms with Gasteiger partial charge in [0.05, 0.1) is 6.17 Å². The number of halogens is 2. The molecule has 0 spiro atoms. The van der Waals surface area contributed by atoms with E-state index in [-0.39, 0.29) is 17.7 Å². The molecule has 1 aromatic carbocycles. The predicted octanol–water partition coefficient (Wildman–Crippen LogP) is 1.56. The Labute approximate surface area is 119 Å². The van der Waals surface area contributed by atoms with E-state index in [9.17, 15) is 18.4 Å². The minimum absolute atomic E-state index is 0.0404. The molecule has 8 heteroatoms. The van der Waals surface area contributed by atoms with Crippen molar-refractivity contribution in [2.75, 3.05) is 0 Å². The Morgan fingerprint density at radius 2 is 2.10 bits per heavy atom. The van der Waals surface area contributed by atoms with Crippen LogP contribution in [0.4, 0.5) is 8.78 Å². The highest BCUT2D eigenvalue weighted by atomic mass is 19.3. The van der Waals surface area contributed by atoms with Crippen LogP contribution < -0.4 is 15.8 Å². The molecule has 116 valence electrons. The van der Waals surface area contributed by atoms with E-state index in [0.717, 1.165) is 0 Å². The Balaban J connectivity index is 2.52. The van der Waals surface area contributed by atoms with Crippen LogP contribution in [0.5, 0.6) is 5.75 Å². The SMILES string of the molecule is NC(CCCC(=O)O)NC(=O)c1cccc(OC(F)F)c1. The second-order valence-electron chi connectivity index (χ2n) is 4.27. The van der Waals surface area contributed by atoms with E-state index in [1.807, 2.05) is 0 Å². The number of rotatable bonds is 8. The molecule has 0 saturated carbocycles. The quantitative estimate of drug-likeness (QED) is 0.632. The molecule has 0 aromatic heterocycles. The van der Waals surface area contributed by atoms with Crippen molar-refractivity contribution in [2.45, 2.75) is 32.0 Å². The van der Waals surface area contributed by atoms with Crippen LogP contribution in [0.15, 0.2) is 24.3 Å². The maximum Gasteiger partial charge on any atom is 0.387 e. The lowest BCUT2D eigenvalue weighted by atomic mass is 10.1. The van der Waals surface area contributed by atoms with Gasteiger partial charge in [-0.3, -0.25) is 9.59 Å². The number of aliphatic carboxylic acids is 1. The minimum Gasteiger partial charge on any atom is -0.481 e. The smallest absolute Gasteiger partial charge is 0.387 e. The van der Waals surface area contributed by atoms with Gasteiger partial charge in [-0.05, 0) is 31.0 Å². The number of amides is 1. The molecule has 0 bridgehead atoms. The third kappa shape index (κ3) is 6.66. The zero-order valence-electron chi connectivity index (χ0n) is 11.1. The fourth-order valence-electron chi connectivity index (χ4n) is 1.61. The molecule has 0 fully saturated rings. The number of ether oxygens (including phenoxy) is 1. The molecule has 1 rings (SSSR count). The number of hydrogen-bond acceptors (Lipinski definition) is 4. The lowest BCUT2D eigenvalue weighted by Crippen LogP contribution is -2.41. The van der Waals surface area contributed by atoms with Crippen molar-refractivity contribution >= 4 is 11.9 Å². The number of carboxylic acids is 1. The van der Waals surface area contributed by atoms with Gasteiger partial charge in [0.2, 0.25) is 0 Å². The van der Waals surface area contributed by atoms with Crippen LogP contribution in [0, 0.1) is 0 Å². The molecular weight excluding hydrogens is 286 g/mol. The first-order chi connectivity index (χ1) is 9.88. The van der Waals surface area contributed by atoms with E-state index >= 15 is 0 Å². The molecular formula is C13H16F2N2O4. The molecule has 1 unspecified atom stereocenters. The van der Waals surface area contributed by atoms with E-state index < -0.39 is 24.7 Å². The molecule has 0 aliphatic heterocycles. The summed E-state index contributed by atoms with van der Waals surface area (Å²) in [5, 5.41) is 10.9. The van der Waals surface area contributed by atoms with E-state index in [4.69, 9.17) is 10.8 Å². The Morgan fingerprint density at radius 1 is 1.38 bits per heavy atom. The molecule has 1 atom stereocenters. The fraction of sp³-hybridized carbons (Fsp3) is 0.385. The highest BCUT2D eigenvalue weighted by Crippen LogP contribution is 2.16. The summed E-state index contributed by atoms with van der Waals surface area (Å²) in [4.78, 5) is 22.2. The van der Waals surface area contributed by atoms with Gasteiger partial charge in [0.1, 0.15) is 5.75 Å². The van der Waals surface area contributed by atoms with Gasteiger partial charge >= 0.3 is 12.6 Å². The van der Waals surface area contributed by atoms with Crippen molar-refractivity contribution in [3.05, 3.63) is 29.8 Å². The lowest BCUT2D eigenvalue weighted by Gasteiger charge is -2.14. The molecule has 4 N–H and O–H groups in total. The average molecular weight is 302 g/mol. The van der Waals surface area contributed by atoms with Gasteiger partial charge in [-0.2, -0.15) is 8.78 Å². The van der Waals surface area contributed by atoms with Crippen LogP contribution in [-0.2, 0) is 4.79 Å². The van der Waals surface area contributed by atoms with Gasteiger partial charge < -0.3 is 20.9 Å². The van der Waals surface area contributed by atoms with Crippen LogP contribution in [0.1, 0.15) is 29.6 Å². The summed E-state index contributed by atoms with van der Waals surface area (Å²) in [5.74, 6) is -1.61. The van der Waals surface area contributed by atoms with Gasteiger partial charge in [-0.15, -0.1) is 0 Å². The average Bonchev–Trinajstić information content (AvgIpc) is 2.37. The van der Waals surface area contributed by atoms with Crippen LogP contribution in [0.25, 0.3) is 0 Å². The molecule has 0 radical (unpaired) electrons. The zero-order chi connectivity index (χ0) is 15.8. The zero-order valence-corrected chi connectivity index (χ0v) is 11.1. The molecule has 21 heavy (non-hydrogen) atoms. The third-order valence-corrected chi connectivity index (χ3v) is 2.54. The van der Waals surface area contributed by atoms with Crippen LogP contribution in [-0.4, -0.2) is 29.8 Å². The molecule has 0 heterocycles.